The number of methoxy groups -OCH3 is 1. The van der Waals surface area contributed by atoms with Crippen LogP contribution in [0.2, 0.25) is 0 Å². The van der Waals surface area contributed by atoms with Gasteiger partial charge in [-0.1, -0.05) is 12.1 Å². The van der Waals surface area contributed by atoms with Crippen LogP contribution in [0.15, 0.2) is 24.3 Å². The number of rotatable bonds is 7. The van der Waals surface area contributed by atoms with E-state index in [1.807, 2.05) is 25.1 Å². The van der Waals surface area contributed by atoms with E-state index in [4.69, 9.17) is 14.2 Å². The second-order valence-corrected chi connectivity index (χ2v) is 6.65. The Labute approximate surface area is 161 Å². The van der Waals surface area contributed by atoms with Crippen molar-refractivity contribution in [2.24, 2.45) is 0 Å². The summed E-state index contributed by atoms with van der Waals surface area (Å²) >= 11 is 0.963. The maximum Gasteiger partial charge on any atom is 0.348 e. The van der Waals surface area contributed by atoms with Gasteiger partial charge in [0.15, 0.2) is 6.61 Å². The number of carbonyl (C=O) groups is 3. The second kappa shape index (κ2) is 9.18. The number of anilines is 1. The Morgan fingerprint density at radius 2 is 1.89 bits per heavy atom. The Hall–Kier alpha value is -2.87. The van der Waals surface area contributed by atoms with Gasteiger partial charge in [0, 0.05) is 0 Å². The maximum absolute atomic E-state index is 12.3. The number of hydrogen-bond acceptors (Lipinski definition) is 7. The van der Waals surface area contributed by atoms with E-state index in [-0.39, 0.29) is 28.7 Å². The highest BCUT2D eigenvalue weighted by Crippen LogP contribution is 2.34. The molecule has 7 nitrogen and oxygen atoms in total. The van der Waals surface area contributed by atoms with E-state index in [9.17, 15) is 14.4 Å². The molecule has 0 aliphatic heterocycles. The van der Waals surface area contributed by atoms with Gasteiger partial charge in [0.05, 0.1) is 19.3 Å². The third kappa shape index (κ3) is 5.07. The number of aryl methyl sites for hydroxylation is 1. The van der Waals surface area contributed by atoms with Crippen LogP contribution in [0.1, 0.15) is 38.1 Å². The predicted molar refractivity (Wildman–Crippen MR) is 102 cm³/mol. The van der Waals surface area contributed by atoms with Gasteiger partial charge in [0.2, 0.25) is 0 Å². The molecule has 2 rings (SSSR count). The average Bonchev–Trinajstić information content (AvgIpc) is 2.95. The first kappa shape index (κ1) is 20.4. The minimum atomic E-state index is -0.615. The Kier molecular flexibility index (Phi) is 6.95. The van der Waals surface area contributed by atoms with Crippen LogP contribution in [-0.4, -0.2) is 38.2 Å². The highest BCUT2D eigenvalue weighted by Gasteiger charge is 2.27. The largest absolute Gasteiger partial charge is 0.484 e. The lowest BCUT2D eigenvalue weighted by Crippen LogP contribution is -2.21. The monoisotopic (exact) mass is 391 g/mol. The van der Waals surface area contributed by atoms with Crippen molar-refractivity contribution in [2.45, 2.75) is 20.8 Å². The lowest BCUT2D eigenvalue weighted by Gasteiger charge is -2.09. The van der Waals surface area contributed by atoms with Crippen LogP contribution in [0.25, 0.3) is 0 Å². The van der Waals surface area contributed by atoms with Crippen LogP contribution in [0.5, 0.6) is 5.75 Å². The van der Waals surface area contributed by atoms with Gasteiger partial charge in [-0.25, -0.2) is 9.59 Å². The van der Waals surface area contributed by atoms with Gasteiger partial charge in [-0.2, -0.15) is 0 Å². The van der Waals surface area contributed by atoms with E-state index in [0.717, 1.165) is 16.9 Å². The first-order chi connectivity index (χ1) is 12.9. The fourth-order valence-corrected chi connectivity index (χ4v) is 3.48. The minimum absolute atomic E-state index is 0.145. The van der Waals surface area contributed by atoms with Gasteiger partial charge in [0.25, 0.3) is 5.91 Å². The van der Waals surface area contributed by atoms with Gasteiger partial charge in [-0.15, -0.1) is 11.3 Å². The molecule has 0 radical (unpaired) electrons. The van der Waals surface area contributed by atoms with Gasteiger partial charge in [0.1, 0.15) is 15.6 Å². The molecule has 8 heteroatoms. The summed E-state index contributed by atoms with van der Waals surface area (Å²) in [7, 11) is 1.25. The van der Waals surface area contributed by atoms with Crippen LogP contribution < -0.4 is 10.1 Å². The number of nitrogens with one attached hydrogen (secondary N) is 1. The van der Waals surface area contributed by atoms with Gasteiger partial charge in [-0.05, 0) is 44.0 Å². The number of hydrogen-bond donors (Lipinski definition) is 1. The van der Waals surface area contributed by atoms with Crippen molar-refractivity contribution in [1.29, 1.82) is 0 Å². The number of thiophene rings is 1. The average molecular weight is 391 g/mol. The molecule has 0 aliphatic carbocycles. The third-order valence-electron chi connectivity index (χ3n) is 3.61. The highest BCUT2D eigenvalue weighted by atomic mass is 32.1. The lowest BCUT2D eigenvalue weighted by molar-refractivity contribution is -0.118. The Balaban J connectivity index is 2.19. The van der Waals surface area contributed by atoms with Crippen molar-refractivity contribution in [1.82, 2.24) is 0 Å². The van der Waals surface area contributed by atoms with Crippen LogP contribution in [0, 0.1) is 13.8 Å². The molecule has 144 valence electrons. The molecule has 1 aromatic carbocycles. The zero-order valence-electron chi connectivity index (χ0n) is 15.6. The zero-order chi connectivity index (χ0) is 20.0. The SMILES string of the molecule is CCOC(=O)c1c(NC(=O)COc2cccc(C)c2)sc(C(=O)OC)c1C. The molecular weight excluding hydrogens is 370 g/mol. The van der Waals surface area contributed by atoms with Crippen LogP contribution in [0.3, 0.4) is 0 Å². The van der Waals surface area contributed by atoms with Crippen LogP contribution >= 0.6 is 11.3 Å². The topological polar surface area (TPSA) is 90.9 Å². The van der Waals surface area contributed by atoms with Gasteiger partial charge in [-0.3, -0.25) is 4.79 Å². The van der Waals surface area contributed by atoms with Crippen molar-refractivity contribution in [3.8, 4) is 5.75 Å². The normalized spacial score (nSPS) is 10.2. The molecule has 0 saturated heterocycles. The summed E-state index contributed by atoms with van der Waals surface area (Å²) in [5, 5.41) is 2.85. The Bertz CT molecular complexity index is 858. The first-order valence-electron chi connectivity index (χ1n) is 8.25. The van der Waals surface area contributed by atoms with E-state index in [2.05, 4.69) is 5.32 Å². The van der Waals surface area contributed by atoms with Crippen molar-refractivity contribution in [3.05, 3.63) is 45.8 Å². The number of benzene rings is 1. The molecule has 0 unspecified atom stereocenters. The molecule has 0 atom stereocenters. The number of ether oxygens (including phenoxy) is 3. The highest BCUT2D eigenvalue weighted by molar-refractivity contribution is 7.18. The van der Waals surface area contributed by atoms with Crippen LogP contribution in [0.4, 0.5) is 5.00 Å². The van der Waals surface area contributed by atoms with E-state index < -0.39 is 17.8 Å². The quantitative estimate of drug-likeness (QED) is 0.728. The summed E-state index contributed by atoms with van der Waals surface area (Å²) in [5.41, 5.74) is 1.56. The summed E-state index contributed by atoms with van der Waals surface area (Å²) < 4.78 is 15.2. The molecule has 0 aliphatic rings. The summed E-state index contributed by atoms with van der Waals surface area (Å²) in [6.45, 7) is 5.13. The van der Waals surface area contributed by atoms with Gasteiger partial charge >= 0.3 is 11.9 Å². The summed E-state index contributed by atoms with van der Waals surface area (Å²) in [5.74, 6) is -1.09. The molecule has 1 aromatic heterocycles. The standard InChI is InChI=1S/C19H21NO6S/c1-5-25-18(22)15-12(3)16(19(23)24-4)27-17(15)20-14(21)10-26-13-8-6-7-11(2)9-13/h6-9H,5,10H2,1-4H3,(H,20,21). The number of carbonyl (C=O) groups excluding carboxylic acids is 3. The van der Waals surface area contributed by atoms with Crippen molar-refractivity contribution >= 4 is 34.2 Å². The molecule has 1 amide bonds. The van der Waals surface area contributed by atoms with Gasteiger partial charge < -0.3 is 19.5 Å². The van der Waals surface area contributed by atoms with E-state index >= 15 is 0 Å². The summed E-state index contributed by atoms with van der Waals surface area (Å²) in [4.78, 5) is 36.7. The number of amides is 1. The smallest absolute Gasteiger partial charge is 0.348 e. The van der Waals surface area contributed by atoms with E-state index in [1.54, 1.807) is 19.9 Å². The Morgan fingerprint density at radius 3 is 2.52 bits per heavy atom. The zero-order valence-corrected chi connectivity index (χ0v) is 16.4. The molecular formula is C19H21NO6S. The molecule has 0 saturated carbocycles. The molecule has 0 spiro atoms. The predicted octanol–water partition coefficient (Wildman–Crippen LogP) is 3.35. The Morgan fingerprint density at radius 1 is 1.15 bits per heavy atom. The fourth-order valence-electron chi connectivity index (χ4n) is 2.35. The first-order valence-corrected chi connectivity index (χ1v) is 9.07. The molecule has 0 bridgehead atoms. The summed E-state index contributed by atoms with van der Waals surface area (Å²) in [6, 6.07) is 7.30. The van der Waals surface area contributed by atoms with Crippen molar-refractivity contribution < 1.29 is 28.6 Å². The second-order valence-electron chi connectivity index (χ2n) is 5.63. The van der Waals surface area contributed by atoms with Crippen LogP contribution in [-0.2, 0) is 14.3 Å². The van der Waals surface area contributed by atoms with Crippen molar-refractivity contribution in [3.63, 3.8) is 0 Å². The summed E-state index contributed by atoms with van der Waals surface area (Å²) in [6.07, 6.45) is 0. The molecule has 27 heavy (non-hydrogen) atoms. The third-order valence-corrected chi connectivity index (χ3v) is 4.80. The molecule has 2 aromatic rings. The van der Waals surface area contributed by atoms with E-state index in [1.165, 1.54) is 7.11 Å². The lowest BCUT2D eigenvalue weighted by atomic mass is 10.1. The number of esters is 2. The maximum atomic E-state index is 12.3. The molecule has 1 N–H and O–H groups in total. The van der Waals surface area contributed by atoms with E-state index in [0.29, 0.717) is 11.3 Å². The molecule has 1 heterocycles. The molecule has 0 fully saturated rings. The van der Waals surface area contributed by atoms with Crippen molar-refractivity contribution in [2.75, 3.05) is 25.6 Å². The fraction of sp³-hybridized carbons (Fsp3) is 0.316. The minimum Gasteiger partial charge on any atom is -0.484 e.